The van der Waals surface area contributed by atoms with Crippen LogP contribution in [0, 0.1) is 11.6 Å². The molecule has 106 valence electrons. The molecule has 0 saturated carbocycles. The highest BCUT2D eigenvalue weighted by Gasteiger charge is 2.11. The van der Waals surface area contributed by atoms with Gasteiger partial charge in [0, 0.05) is 10.5 Å². The van der Waals surface area contributed by atoms with E-state index in [4.69, 9.17) is 4.74 Å². The van der Waals surface area contributed by atoms with Crippen LogP contribution >= 0.6 is 15.9 Å². The summed E-state index contributed by atoms with van der Waals surface area (Å²) in [5.74, 6) is -0.538. The molecule has 2 rings (SSSR count). The van der Waals surface area contributed by atoms with Crippen LogP contribution in [0.3, 0.4) is 0 Å². The molecule has 0 fully saturated rings. The maximum Gasteiger partial charge on any atom is 0.165 e. The van der Waals surface area contributed by atoms with Crippen molar-refractivity contribution in [3.63, 3.8) is 0 Å². The number of hydrogen-bond acceptors (Lipinski definition) is 2. The Bertz CT molecular complexity index is 619. The Morgan fingerprint density at radius 3 is 2.60 bits per heavy atom. The molecular weight excluding hydrogens is 328 g/mol. The summed E-state index contributed by atoms with van der Waals surface area (Å²) in [5, 5.41) is 3.17. The number of halogens is 3. The topological polar surface area (TPSA) is 21.3 Å². The third-order valence-electron chi connectivity index (χ3n) is 2.98. The monoisotopic (exact) mass is 341 g/mol. The van der Waals surface area contributed by atoms with E-state index in [9.17, 15) is 8.78 Å². The average Bonchev–Trinajstić information content (AvgIpc) is 2.43. The predicted molar refractivity (Wildman–Crippen MR) is 79.1 cm³/mol. The molecule has 0 aliphatic carbocycles. The lowest BCUT2D eigenvalue weighted by Gasteiger charge is -2.17. The number of nitrogens with one attached hydrogen (secondary N) is 1. The number of hydrogen-bond donors (Lipinski definition) is 1. The van der Waals surface area contributed by atoms with Gasteiger partial charge in [-0.2, -0.15) is 0 Å². The molecule has 0 heterocycles. The minimum atomic E-state index is -0.407. The maximum atomic E-state index is 13.4. The Morgan fingerprint density at radius 2 is 1.90 bits per heavy atom. The molecular formula is C15H14BrF2NO. The van der Waals surface area contributed by atoms with Gasteiger partial charge in [0.1, 0.15) is 5.82 Å². The zero-order valence-corrected chi connectivity index (χ0v) is 12.7. The van der Waals surface area contributed by atoms with Gasteiger partial charge in [-0.05, 0) is 58.7 Å². The molecule has 1 N–H and O–H groups in total. The fraction of sp³-hybridized carbons (Fsp3) is 0.200. The van der Waals surface area contributed by atoms with E-state index in [-0.39, 0.29) is 17.6 Å². The first-order valence-electron chi connectivity index (χ1n) is 6.06. The molecule has 0 aliphatic heterocycles. The van der Waals surface area contributed by atoms with Gasteiger partial charge in [-0.25, -0.2) is 8.78 Å². The summed E-state index contributed by atoms with van der Waals surface area (Å²) in [5.41, 5.74) is 1.49. The quantitative estimate of drug-likeness (QED) is 0.853. The fourth-order valence-electron chi connectivity index (χ4n) is 1.87. The molecule has 1 atom stereocenters. The van der Waals surface area contributed by atoms with E-state index >= 15 is 0 Å². The SMILES string of the molecule is COc1cc(C(C)Nc2cc(F)ccc2Br)ccc1F. The summed E-state index contributed by atoms with van der Waals surface area (Å²) in [6.07, 6.45) is 0. The van der Waals surface area contributed by atoms with Crippen LogP contribution in [0.4, 0.5) is 14.5 Å². The molecule has 0 bridgehead atoms. The van der Waals surface area contributed by atoms with Crippen LogP contribution in [0.1, 0.15) is 18.5 Å². The fourth-order valence-corrected chi connectivity index (χ4v) is 2.23. The number of methoxy groups -OCH3 is 1. The third kappa shape index (κ3) is 3.28. The Kier molecular flexibility index (Phi) is 4.60. The molecule has 0 saturated heterocycles. The molecule has 1 unspecified atom stereocenters. The molecule has 5 heteroatoms. The smallest absolute Gasteiger partial charge is 0.165 e. The minimum absolute atomic E-state index is 0.123. The van der Waals surface area contributed by atoms with Crippen LogP contribution in [0.2, 0.25) is 0 Å². The van der Waals surface area contributed by atoms with Gasteiger partial charge in [0.05, 0.1) is 12.8 Å². The maximum absolute atomic E-state index is 13.4. The second-order valence-corrected chi connectivity index (χ2v) is 5.24. The minimum Gasteiger partial charge on any atom is -0.494 e. The van der Waals surface area contributed by atoms with Gasteiger partial charge in [-0.1, -0.05) is 6.07 Å². The van der Waals surface area contributed by atoms with Gasteiger partial charge in [0.15, 0.2) is 11.6 Å². The van der Waals surface area contributed by atoms with Gasteiger partial charge in [0.2, 0.25) is 0 Å². The third-order valence-corrected chi connectivity index (χ3v) is 3.67. The molecule has 0 aromatic heterocycles. The first-order chi connectivity index (χ1) is 9.51. The van der Waals surface area contributed by atoms with Crippen LogP contribution in [0.5, 0.6) is 5.75 Å². The van der Waals surface area contributed by atoms with Crippen LogP contribution in [0.25, 0.3) is 0 Å². The van der Waals surface area contributed by atoms with Crippen molar-refractivity contribution in [2.75, 3.05) is 12.4 Å². The number of ether oxygens (including phenoxy) is 1. The lowest BCUT2D eigenvalue weighted by molar-refractivity contribution is 0.385. The Morgan fingerprint density at radius 1 is 1.15 bits per heavy atom. The highest BCUT2D eigenvalue weighted by atomic mass is 79.9. The zero-order valence-electron chi connectivity index (χ0n) is 11.1. The number of rotatable bonds is 4. The lowest BCUT2D eigenvalue weighted by Crippen LogP contribution is -2.08. The number of benzene rings is 2. The predicted octanol–water partition coefficient (Wildman–Crippen LogP) is 4.91. The largest absolute Gasteiger partial charge is 0.494 e. The van der Waals surface area contributed by atoms with E-state index in [1.54, 1.807) is 18.2 Å². The van der Waals surface area contributed by atoms with Crippen molar-refractivity contribution in [2.45, 2.75) is 13.0 Å². The zero-order chi connectivity index (χ0) is 14.7. The van der Waals surface area contributed by atoms with Gasteiger partial charge < -0.3 is 10.1 Å². The molecule has 2 aromatic carbocycles. The first kappa shape index (κ1) is 14.8. The molecule has 0 aliphatic rings. The molecule has 2 nitrogen and oxygen atoms in total. The van der Waals surface area contributed by atoms with E-state index in [0.29, 0.717) is 5.69 Å². The number of anilines is 1. The summed E-state index contributed by atoms with van der Waals surface area (Å²) in [6, 6.07) is 8.94. The second kappa shape index (κ2) is 6.22. The van der Waals surface area contributed by atoms with Crippen molar-refractivity contribution in [1.29, 1.82) is 0 Å². The van der Waals surface area contributed by atoms with E-state index in [2.05, 4.69) is 21.2 Å². The van der Waals surface area contributed by atoms with Crippen molar-refractivity contribution < 1.29 is 13.5 Å². The summed E-state index contributed by atoms with van der Waals surface area (Å²) in [4.78, 5) is 0. The van der Waals surface area contributed by atoms with Crippen molar-refractivity contribution in [1.82, 2.24) is 0 Å². The van der Waals surface area contributed by atoms with Gasteiger partial charge in [-0.15, -0.1) is 0 Å². The van der Waals surface area contributed by atoms with E-state index in [0.717, 1.165) is 10.0 Å². The van der Waals surface area contributed by atoms with Crippen LogP contribution < -0.4 is 10.1 Å². The summed E-state index contributed by atoms with van der Waals surface area (Å²) >= 11 is 3.36. The second-order valence-electron chi connectivity index (χ2n) is 4.38. The van der Waals surface area contributed by atoms with Crippen molar-refractivity contribution in [3.05, 3.63) is 58.1 Å². The van der Waals surface area contributed by atoms with E-state index < -0.39 is 5.82 Å². The first-order valence-corrected chi connectivity index (χ1v) is 6.85. The van der Waals surface area contributed by atoms with Crippen molar-refractivity contribution >= 4 is 21.6 Å². The van der Waals surface area contributed by atoms with E-state index in [1.165, 1.54) is 25.3 Å². The van der Waals surface area contributed by atoms with Crippen molar-refractivity contribution in [3.8, 4) is 5.75 Å². The standard InChI is InChI=1S/C15H14BrF2NO/c1-9(10-3-6-13(18)15(7-10)20-2)19-14-8-11(17)4-5-12(14)16/h3-9,19H,1-2H3. The molecule has 0 radical (unpaired) electrons. The summed E-state index contributed by atoms with van der Waals surface area (Å²) in [6.45, 7) is 1.91. The average molecular weight is 342 g/mol. The molecule has 0 amide bonds. The van der Waals surface area contributed by atoms with Gasteiger partial charge in [0.25, 0.3) is 0 Å². The van der Waals surface area contributed by atoms with Crippen LogP contribution in [-0.2, 0) is 0 Å². The normalized spacial score (nSPS) is 12.1. The lowest BCUT2D eigenvalue weighted by atomic mass is 10.1. The Hall–Kier alpha value is -1.62. The molecule has 2 aromatic rings. The molecule has 0 spiro atoms. The van der Waals surface area contributed by atoms with E-state index in [1.807, 2.05) is 6.92 Å². The van der Waals surface area contributed by atoms with Crippen LogP contribution in [-0.4, -0.2) is 7.11 Å². The Labute approximate surface area is 124 Å². The van der Waals surface area contributed by atoms with Gasteiger partial charge >= 0.3 is 0 Å². The molecule has 20 heavy (non-hydrogen) atoms. The Balaban J connectivity index is 2.23. The summed E-state index contributed by atoms with van der Waals surface area (Å²) in [7, 11) is 1.42. The highest BCUT2D eigenvalue weighted by molar-refractivity contribution is 9.10. The highest BCUT2D eigenvalue weighted by Crippen LogP contribution is 2.29. The van der Waals surface area contributed by atoms with Gasteiger partial charge in [-0.3, -0.25) is 0 Å². The van der Waals surface area contributed by atoms with Crippen LogP contribution in [0.15, 0.2) is 40.9 Å². The van der Waals surface area contributed by atoms with Crippen molar-refractivity contribution in [2.24, 2.45) is 0 Å². The summed E-state index contributed by atoms with van der Waals surface area (Å²) < 4.78 is 32.3.